The molecule has 6 nitrogen and oxygen atoms in total. The first-order chi connectivity index (χ1) is 6.79. The molecule has 0 aliphatic heterocycles. The number of hydrogen-bond acceptors (Lipinski definition) is 4. The molecule has 0 unspecified atom stereocenters. The van der Waals surface area contributed by atoms with Gasteiger partial charge in [-0.25, -0.2) is 4.68 Å². The van der Waals surface area contributed by atoms with Crippen molar-refractivity contribution in [1.82, 2.24) is 15.0 Å². The van der Waals surface area contributed by atoms with Crippen molar-refractivity contribution in [3.8, 4) is 5.69 Å². The van der Waals surface area contributed by atoms with Crippen LogP contribution in [0.1, 0.15) is 0 Å². The second-order valence-electron chi connectivity index (χ2n) is 2.59. The second-order valence-corrected chi connectivity index (χ2v) is 2.59. The maximum absolute atomic E-state index is 10.7. The lowest BCUT2D eigenvalue weighted by Gasteiger charge is -2.00. The Labute approximate surface area is 78.9 Å². The van der Waals surface area contributed by atoms with E-state index in [1.807, 2.05) is 0 Å². The maximum Gasteiger partial charge on any atom is 0.294 e. The van der Waals surface area contributed by atoms with Gasteiger partial charge in [0.25, 0.3) is 5.69 Å². The van der Waals surface area contributed by atoms with Crippen LogP contribution in [0, 0.1) is 10.1 Å². The van der Waals surface area contributed by atoms with E-state index in [1.54, 1.807) is 24.4 Å². The van der Waals surface area contributed by atoms with E-state index < -0.39 is 4.92 Å². The number of nitro benzene ring substituents is 1. The molecule has 6 heteroatoms. The largest absolute Gasteiger partial charge is 0.294 e. The number of aromatic nitrogens is 3. The van der Waals surface area contributed by atoms with E-state index in [1.165, 1.54) is 16.9 Å². The second kappa shape index (κ2) is 3.25. The van der Waals surface area contributed by atoms with Gasteiger partial charge < -0.3 is 0 Å². The average molecular weight is 190 g/mol. The predicted molar refractivity (Wildman–Crippen MR) is 48.0 cm³/mol. The molecular weight excluding hydrogens is 184 g/mol. The SMILES string of the molecule is O=[N+]([O-])c1ccccc1-n1ccnn1. The molecule has 1 aromatic carbocycles. The van der Waals surface area contributed by atoms with Crippen molar-refractivity contribution in [3.05, 3.63) is 46.8 Å². The molecule has 0 N–H and O–H groups in total. The van der Waals surface area contributed by atoms with E-state index in [0.29, 0.717) is 5.69 Å². The van der Waals surface area contributed by atoms with Crippen LogP contribution in [0.25, 0.3) is 5.69 Å². The Morgan fingerprint density at radius 1 is 1.36 bits per heavy atom. The summed E-state index contributed by atoms with van der Waals surface area (Å²) in [5.74, 6) is 0. The first kappa shape index (κ1) is 8.36. The first-order valence-electron chi connectivity index (χ1n) is 3.89. The number of rotatable bonds is 2. The Morgan fingerprint density at radius 3 is 2.79 bits per heavy atom. The smallest absolute Gasteiger partial charge is 0.258 e. The molecule has 1 heterocycles. The summed E-state index contributed by atoms with van der Waals surface area (Å²) in [6.07, 6.45) is 3.03. The standard InChI is InChI=1S/C8H6N4O2/c13-12(14)8-4-2-1-3-7(8)11-6-5-9-10-11/h1-6H. The molecule has 0 spiro atoms. The van der Waals surface area contributed by atoms with Gasteiger partial charge in [0.2, 0.25) is 0 Å². The van der Waals surface area contributed by atoms with Crippen molar-refractivity contribution in [2.45, 2.75) is 0 Å². The molecule has 0 radical (unpaired) electrons. The Hall–Kier alpha value is -2.24. The summed E-state index contributed by atoms with van der Waals surface area (Å²) in [6.45, 7) is 0. The zero-order valence-corrected chi connectivity index (χ0v) is 7.07. The van der Waals surface area contributed by atoms with Crippen LogP contribution in [-0.2, 0) is 0 Å². The zero-order valence-electron chi connectivity index (χ0n) is 7.07. The van der Waals surface area contributed by atoms with Gasteiger partial charge in [0, 0.05) is 6.07 Å². The zero-order chi connectivity index (χ0) is 9.97. The van der Waals surface area contributed by atoms with E-state index in [0.717, 1.165) is 0 Å². The third-order valence-corrected chi connectivity index (χ3v) is 1.75. The first-order valence-corrected chi connectivity index (χ1v) is 3.89. The summed E-state index contributed by atoms with van der Waals surface area (Å²) in [5, 5.41) is 17.9. The summed E-state index contributed by atoms with van der Waals surface area (Å²) >= 11 is 0. The van der Waals surface area contributed by atoms with E-state index in [4.69, 9.17) is 0 Å². The Bertz CT molecular complexity index is 452. The van der Waals surface area contributed by atoms with Gasteiger partial charge >= 0.3 is 0 Å². The minimum atomic E-state index is -0.447. The molecule has 0 aliphatic rings. The molecule has 0 amide bonds. The van der Waals surface area contributed by atoms with Gasteiger partial charge in [-0.1, -0.05) is 17.3 Å². The normalized spacial score (nSPS) is 10.0. The van der Waals surface area contributed by atoms with Crippen LogP contribution in [0.2, 0.25) is 0 Å². The van der Waals surface area contributed by atoms with Crippen molar-refractivity contribution < 1.29 is 4.92 Å². The molecule has 0 saturated carbocycles. The Kier molecular flexibility index (Phi) is 1.94. The fraction of sp³-hybridized carbons (Fsp3) is 0. The molecule has 0 saturated heterocycles. The van der Waals surface area contributed by atoms with Crippen molar-refractivity contribution in [2.75, 3.05) is 0 Å². The highest BCUT2D eigenvalue weighted by molar-refractivity contribution is 5.51. The van der Waals surface area contributed by atoms with Crippen LogP contribution >= 0.6 is 0 Å². The maximum atomic E-state index is 10.7. The highest BCUT2D eigenvalue weighted by Gasteiger charge is 2.13. The van der Waals surface area contributed by atoms with Crippen LogP contribution < -0.4 is 0 Å². The number of para-hydroxylation sites is 2. The topological polar surface area (TPSA) is 73.8 Å². The highest BCUT2D eigenvalue weighted by atomic mass is 16.6. The summed E-state index contributed by atoms with van der Waals surface area (Å²) in [6, 6.07) is 6.37. The lowest BCUT2D eigenvalue weighted by molar-refractivity contribution is -0.384. The van der Waals surface area contributed by atoms with Gasteiger partial charge in [-0.3, -0.25) is 10.1 Å². The van der Waals surface area contributed by atoms with E-state index in [9.17, 15) is 10.1 Å². The Morgan fingerprint density at radius 2 is 2.14 bits per heavy atom. The molecule has 14 heavy (non-hydrogen) atoms. The molecule has 0 bridgehead atoms. The van der Waals surface area contributed by atoms with E-state index in [2.05, 4.69) is 10.3 Å². The van der Waals surface area contributed by atoms with Gasteiger partial charge in [-0.2, -0.15) is 0 Å². The van der Waals surface area contributed by atoms with Gasteiger partial charge in [-0.05, 0) is 6.07 Å². The van der Waals surface area contributed by atoms with E-state index >= 15 is 0 Å². The number of benzene rings is 1. The van der Waals surface area contributed by atoms with Crippen molar-refractivity contribution in [2.24, 2.45) is 0 Å². The van der Waals surface area contributed by atoms with Gasteiger partial charge in [0.15, 0.2) is 0 Å². The van der Waals surface area contributed by atoms with Crippen LogP contribution in [-0.4, -0.2) is 19.9 Å². The summed E-state index contributed by atoms with van der Waals surface area (Å²) in [5.41, 5.74) is 0.424. The highest BCUT2D eigenvalue weighted by Crippen LogP contribution is 2.20. The molecule has 1 aromatic heterocycles. The Balaban J connectivity index is 2.58. The minimum absolute atomic E-state index is 0.0120. The third-order valence-electron chi connectivity index (χ3n) is 1.75. The van der Waals surface area contributed by atoms with Gasteiger partial charge in [0.05, 0.1) is 17.3 Å². The lowest BCUT2D eigenvalue weighted by atomic mass is 10.3. The van der Waals surface area contributed by atoms with Crippen molar-refractivity contribution in [3.63, 3.8) is 0 Å². The average Bonchev–Trinajstić information content (AvgIpc) is 2.70. The van der Waals surface area contributed by atoms with E-state index in [-0.39, 0.29) is 5.69 Å². The van der Waals surface area contributed by atoms with Crippen LogP contribution in [0.4, 0.5) is 5.69 Å². The van der Waals surface area contributed by atoms with Crippen molar-refractivity contribution >= 4 is 5.69 Å². The number of nitrogens with zero attached hydrogens (tertiary/aromatic N) is 4. The lowest BCUT2D eigenvalue weighted by Crippen LogP contribution is -2.00. The molecule has 70 valence electrons. The fourth-order valence-electron chi connectivity index (χ4n) is 1.15. The summed E-state index contributed by atoms with van der Waals surface area (Å²) in [4.78, 5) is 10.2. The molecule has 0 fully saturated rings. The third kappa shape index (κ3) is 1.33. The monoisotopic (exact) mass is 190 g/mol. The molecular formula is C8H6N4O2. The van der Waals surface area contributed by atoms with Crippen molar-refractivity contribution in [1.29, 1.82) is 0 Å². The molecule has 2 rings (SSSR count). The molecule has 0 atom stereocenters. The fourth-order valence-corrected chi connectivity index (χ4v) is 1.15. The van der Waals surface area contributed by atoms with Gasteiger partial charge in [-0.15, -0.1) is 5.10 Å². The quantitative estimate of drug-likeness (QED) is 0.526. The molecule has 0 aliphatic carbocycles. The van der Waals surface area contributed by atoms with Crippen LogP contribution in [0.5, 0.6) is 0 Å². The van der Waals surface area contributed by atoms with Crippen LogP contribution in [0.15, 0.2) is 36.7 Å². The van der Waals surface area contributed by atoms with Gasteiger partial charge in [0.1, 0.15) is 5.69 Å². The summed E-state index contributed by atoms with van der Waals surface area (Å²) < 4.78 is 1.36. The number of nitro groups is 1. The predicted octanol–water partition coefficient (Wildman–Crippen LogP) is 1.18. The number of hydrogen-bond donors (Lipinski definition) is 0. The summed E-state index contributed by atoms with van der Waals surface area (Å²) in [7, 11) is 0. The molecule has 2 aromatic rings. The van der Waals surface area contributed by atoms with Crippen LogP contribution in [0.3, 0.4) is 0 Å². The minimum Gasteiger partial charge on any atom is -0.258 e.